The maximum atomic E-state index is 13.4. The fourth-order valence-electron chi connectivity index (χ4n) is 5.01. The monoisotopic (exact) mass is 550 g/mol. The molecule has 3 N–H and O–H groups in total. The van der Waals surface area contributed by atoms with Crippen molar-refractivity contribution < 1.29 is 29.0 Å². The van der Waals surface area contributed by atoms with E-state index in [-0.39, 0.29) is 30.4 Å². The van der Waals surface area contributed by atoms with Gasteiger partial charge in [0.1, 0.15) is 12.6 Å². The summed E-state index contributed by atoms with van der Waals surface area (Å²) < 4.78 is 11.6. The Morgan fingerprint density at radius 3 is 2.12 bits per heavy atom. The molecule has 2 amide bonds. The third-order valence-corrected chi connectivity index (χ3v) is 7.10. The molecule has 0 saturated carbocycles. The van der Waals surface area contributed by atoms with Gasteiger partial charge in [-0.15, -0.1) is 0 Å². The minimum atomic E-state index is -1.12. The first kappa shape index (κ1) is 27.6. The van der Waals surface area contributed by atoms with Crippen LogP contribution in [0, 0.1) is 0 Å². The number of carboxylic acids is 1. The fourth-order valence-corrected chi connectivity index (χ4v) is 5.01. The van der Waals surface area contributed by atoms with Gasteiger partial charge in [0.15, 0.2) is 0 Å². The highest BCUT2D eigenvalue weighted by Crippen LogP contribution is 2.44. The molecule has 1 aliphatic carbocycles. The van der Waals surface area contributed by atoms with E-state index in [0.717, 1.165) is 27.8 Å². The van der Waals surface area contributed by atoms with Gasteiger partial charge in [-0.3, -0.25) is 4.79 Å². The number of nitrogens with one attached hydrogen (secondary N) is 2. The Morgan fingerprint density at radius 1 is 0.829 bits per heavy atom. The van der Waals surface area contributed by atoms with E-state index in [0.29, 0.717) is 0 Å². The van der Waals surface area contributed by atoms with E-state index in [1.54, 1.807) is 13.0 Å². The third kappa shape index (κ3) is 6.45. The van der Waals surface area contributed by atoms with Crippen molar-refractivity contribution in [1.29, 1.82) is 0 Å². The molecule has 0 heterocycles. The molecule has 8 nitrogen and oxygen atoms in total. The van der Waals surface area contributed by atoms with Gasteiger partial charge in [0.25, 0.3) is 0 Å². The molecule has 0 saturated heterocycles. The van der Waals surface area contributed by atoms with Gasteiger partial charge in [0, 0.05) is 11.6 Å². The summed E-state index contributed by atoms with van der Waals surface area (Å²) in [6.45, 7) is 2.01. The summed E-state index contributed by atoms with van der Waals surface area (Å²) in [6, 6.07) is 30.3. The zero-order valence-electron chi connectivity index (χ0n) is 22.4. The maximum Gasteiger partial charge on any atom is 0.407 e. The lowest BCUT2D eigenvalue weighted by molar-refractivity contribution is -0.121. The number of aromatic carboxylic acids is 1. The average Bonchev–Trinajstić information content (AvgIpc) is 3.31. The summed E-state index contributed by atoms with van der Waals surface area (Å²) in [5.74, 6) is -1.82. The SMILES string of the molecule is CC(OCc1ccccc1)C(NC(=O)OCC1c2ccccc2-c2ccccc21)C(=O)Nc1cccc(C(=O)O)c1. The van der Waals surface area contributed by atoms with Gasteiger partial charge in [-0.1, -0.05) is 84.9 Å². The number of carboxylic acid groups (broad SMARTS) is 1. The minimum Gasteiger partial charge on any atom is -0.478 e. The molecule has 0 bridgehead atoms. The fraction of sp³-hybridized carbons (Fsp3) is 0.182. The molecule has 4 aromatic carbocycles. The standard InChI is InChI=1S/C33H30N2O6/c1-21(40-19-22-10-3-2-4-11-22)30(31(36)34-24-13-9-12-23(18-24)32(37)38)35-33(39)41-20-29-27-16-7-5-14-25(27)26-15-6-8-17-28(26)29/h2-18,21,29-30H,19-20H2,1H3,(H,34,36)(H,35,39)(H,37,38). The quantitative estimate of drug-likeness (QED) is 0.229. The second-order valence-corrected chi connectivity index (χ2v) is 9.82. The van der Waals surface area contributed by atoms with Crippen LogP contribution in [0.4, 0.5) is 10.5 Å². The van der Waals surface area contributed by atoms with Crippen molar-refractivity contribution in [1.82, 2.24) is 5.32 Å². The third-order valence-electron chi connectivity index (χ3n) is 7.10. The van der Waals surface area contributed by atoms with E-state index in [1.165, 1.54) is 18.2 Å². The van der Waals surface area contributed by atoms with Gasteiger partial charge in [-0.25, -0.2) is 9.59 Å². The molecule has 4 aromatic rings. The van der Waals surface area contributed by atoms with Crippen LogP contribution in [0.5, 0.6) is 0 Å². The van der Waals surface area contributed by atoms with E-state index in [4.69, 9.17) is 9.47 Å². The second kappa shape index (κ2) is 12.5. The normalized spacial score (nSPS) is 13.4. The van der Waals surface area contributed by atoms with Gasteiger partial charge in [-0.05, 0) is 52.9 Å². The van der Waals surface area contributed by atoms with Crippen molar-refractivity contribution in [3.63, 3.8) is 0 Å². The van der Waals surface area contributed by atoms with E-state index in [1.807, 2.05) is 66.7 Å². The molecule has 5 rings (SSSR count). The Labute approximate surface area is 237 Å². The molecule has 0 spiro atoms. The number of benzene rings is 4. The van der Waals surface area contributed by atoms with E-state index in [9.17, 15) is 19.5 Å². The minimum absolute atomic E-state index is 0.0252. The van der Waals surface area contributed by atoms with Crippen LogP contribution in [-0.4, -0.2) is 41.8 Å². The number of carbonyl (C=O) groups excluding carboxylic acids is 2. The van der Waals surface area contributed by atoms with Crippen molar-refractivity contribution >= 4 is 23.7 Å². The molecule has 8 heteroatoms. The number of amides is 2. The number of carbonyl (C=O) groups is 3. The number of rotatable bonds is 10. The first-order valence-electron chi connectivity index (χ1n) is 13.3. The maximum absolute atomic E-state index is 13.4. The molecular weight excluding hydrogens is 520 g/mol. The molecular formula is C33H30N2O6. The smallest absolute Gasteiger partial charge is 0.407 e. The van der Waals surface area contributed by atoms with Crippen LogP contribution in [0.1, 0.15) is 39.9 Å². The van der Waals surface area contributed by atoms with E-state index < -0.39 is 30.1 Å². The Balaban J connectivity index is 1.29. The zero-order valence-corrected chi connectivity index (χ0v) is 22.4. The first-order chi connectivity index (χ1) is 19.9. The van der Waals surface area contributed by atoms with Crippen LogP contribution in [0.25, 0.3) is 11.1 Å². The lowest BCUT2D eigenvalue weighted by Crippen LogP contribution is -2.51. The zero-order chi connectivity index (χ0) is 28.8. The molecule has 1 aliphatic rings. The highest BCUT2D eigenvalue weighted by atomic mass is 16.5. The number of hydrogen-bond acceptors (Lipinski definition) is 5. The number of anilines is 1. The van der Waals surface area contributed by atoms with Crippen molar-refractivity contribution in [3.8, 4) is 11.1 Å². The van der Waals surface area contributed by atoms with Crippen molar-refractivity contribution in [2.24, 2.45) is 0 Å². The number of alkyl carbamates (subject to hydrolysis) is 1. The van der Waals surface area contributed by atoms with Gasteiger partial charge in [0.2, 0.25) is 5.91 Å². The Hall–Kier alpha value is -4.95. The van der Waals surface area contributed by atoms with Crippen LogP contribution in [0.2, 0.25) is 0 Å². The summed E-state index contributed by atoms with van der Waals surface area (Å²) in [4.78, 5) is 37.8. The highest BCUT2D eigenvalue weighted by Gasteiger charge is 2.32. The molecule has 0 radical (unpaired) electrons. The van der Waals surface area contributed by atoms with Crippen molar-refractivity contribution in [3.05, 3.63) is 125 Å². The molecule has 0 aliphatic heterocycles. The average molecular weight is 551 g/mol. The summed E-state index contributed by atoms with van der Waals surface area (Å²) in [5, 5.41) is 14.7. The van der Waals surface area contributed by atoms with Crippen LogP contribution in [0.3, 0.4) is 0 Å². The second-order valence-electron chi connectivity index (χ2n) is 9.82. The van der Waals surface area contributed by atoms with Crippen LogP contribution >= 0.6 is 0 Å². The lowest BCUT2D eigenvalue weighted by Gasteiger charge is -2.25. The molecule has 0 fully saturated rings. The van der Waals surface area contributed by atoms with Gasteiger partial charge in [0.05, 0.1) is 18.3 Å². The highest BCUT2D eigenvalue weighted by molar-refractivity contribution is 5.98. The molecule has 41 heavy (non-hydrogen) atoms. The van der Waals surface area contributed by atoms with Gasteiger partial charge < -0.3 is 25.2 Å². The van der Waals surface area contributed by atoms with Crippen molar-refractivity contribution in [2.75, 3.05) is 11.9 Å². The molecule has 2 unspecified atom stereocenters. The summed E-state index contributed by atoms with van der Waals surface area (Å²) >= 11 is 0. The van der Waals surface area contributed by atoms with E-state index in [2.05, 4.69) is 22.8 Å². The first-order valence-corrected chi connectivity index (χ1v) is 13.3. The predicted molar refractivity (Wildman–Crippen MR) is 155 cm³/mol. The number of fused-ring (bicyclic) bond motifs is 3. The Kier molecular flexibility index (Phi) is 8.41. The largest absolute Gasteiger partial charge is 0.478 e. The van der Waals surface area contributed by atoms with Crippen molar-refractivity contribution in [2.45, 2.75) is 31.6 Å². The van der Waals surface area contributed by atoms with E-state index >= 15 is 0 Å². The lowest BCUT2D eigenvalue weighted by atomic mass is 9.98. The number of hydrogen-bond donors (Lipinski definition) is 3. The molecule has 2 atom stereocenters. The molecule has 208 valence electrons. The van der Waals surface area contributed by atoms with Gasteiger partial charge in [-0.2, -0.15) is 0 Å². The van der Waals surface area contributed by atoms with Crippen LogP contribution in [0.15, 0.2) is 103 Å². The predicted octanol–water partition coefficient (Wildman–Crippen LogP) is 5.84. The van der Waals surface area contributed by atoms with Crippen LogP contribution < -0.4 is 10.6 Å². The summed E-state index contributed by atoms with van der Waals surface area (Å²) in [5.41, 5.74) is 5.60. The Bertz CT molecular complexity index is 1510. The van der Waals surface area contributed by atoms with Gasteiger partial charge >= 0.3 is 12.1 Å². The summed E-state index contributed by atoms with van der Waals surface area (Å²) in [6.07, 6.45) is -1.50. The Morgan fingerprint density at radius 2 is 1.46 bits per heavy atom. The topological polar surface area (TPSA) is 114 Å². The number of ether oxygens (including phenoxy) is 2. The molecule has 0 aromatic heterocycles. The van der Waals surface area contributed by atoms with Crippen LogP contribution in [-0.2, 0) is 20.9 Å². The summed E-state index contributed by atoms with van der Waals surface area (Å²) in [7, 11) is 0.